The van der Waals surface area contributed by atoms with Gasteiger partial charge in [0.25, 0.3) is 0 Å². The van der Waals surface area contributed by atoms with Gasteiger partial charge in [-0.25, -0.2) is 4.79 Å². The molecule has 0 aliphatic heterocycles. The first-order chi connectivity index (χ1) is 6.60. The maximum Gasteiger partial charge on any atom is 0.505 e. The highest BCUT2D eigenvalue weighted by Crippen LogP contribution is 2.00. The van der Waals surface area contributed by atoms with Crippen molar-refractivity contribution in [3.8, 4) is 0 Å². The average Bonchev–Trinajstić information content (AvgIpc) is 2.16. The van der Waals surface area contributed by atoms with Crippen LogP contribution in [0.5, 0.6) is 0 Å². The Hall–Kier alpha value is -0.810. The van der Waals surface area contributed by atoms with E-state index in [0.717, 1.165) is 6.42 Å². The van der Waals surface area contributed by atoms with E-state index in [1.165, 1.54) is 0 Å². The van der Waals surface area contributed by atoms with Crippen LogP contribution in [0.3, 0.4) is 0 Å². The highest BCUT2D eigenvalue weighted by Gasteiger charge is 2.09. The molecule has 0 heterocycles. The Bertz CT molecular complexity index is 155. The number of methoxy groups -OCH3 is 1. The minimum atomic E-state index is -1.28. The molecule has 0 aromatic rings. The lowest BCUT2D eigenvalue weighted by atomic mass is 10.3. The first-order valence-electron chi connectivity index (χ1n) is 4.60. The Labute approximate surface area is 84.0 Å². The summed E-state index contributed by atoms with van der Waals surface area (Å²) in [5, 5.41) is 8.23. The fourth-order valence-corrected chi connectivity index (χ4v) is 0.861. The van der Waals surface area contributed by atoms with Crippen molar-refractivity contribution in [1.82, 2.24) is 0 Å². The molecule has 0 aromatic heterocycles. The van der Waals surface area contributed by atoms with E-state index in [2.05, 4.69) is 4.74 Å². The zero-order valence-electron chi connectivity index (χ0n) is 8.86. The zero-order valence-corrected chi connectivity index (χ0v) is 8.86. The smallest absolute Gasteiger partial charge is 0.450 e. The van der Waals surface area contributed by atoms with Crippen LogP contribution in [0.15, 0.2) is 0 Å². The molecule has 0 aliphatic rings. The first kappa shape index (κ1) is 13.2. The second-order valence-electron chi connectivity index (χ2n) is 2.99. The summed E-state index contributed by atoms with van der Waals surface area (Å²) in [6.45, 7) is 4.26. The Morgan fingerprint density at radius 3 is 2.50 bits per heavy atom. The first-order valence-corrected chi connectivity index (χ1v) is 4.60. The molecule has 84 valence electrons. The van der Waals surface area contributed by atoms with Gasteiger partial charge in [0.15, 0.2) is 0 Å². The van der Waals surface area contributed by atoms with Crippen LogP contribution in [0.25, 0.3) is 0 Å². The molecular weight excluding hydrogens is 188 g/mol. The summed E-state index contributed by atoms with van der Waals surface area (Å²) in [5.74, 6) is 0. The van der Waals surface area contributed by atoms with Crippen LogP contribution in [0, 0.1) is 0 Å². The summed E-state index contributed by atoms with van der Waals surface area (Å²) in [6.07, 6.45) is -0.597. The van der Waals surface area contributed by atoms with Gasteiger partial charge in [0.05, 0.1) is 18.8 Å². The molecule has 1 N–H and O–H groups in total. The maximum atomic E-state index is 10.1. The Morgan fingerprint density at radius 1 is 1.43 bits per heavy atom. The van der Waals surface area contributed by atoms with Gasteiger partial charge in [0.2, 0.25) is 0 Å². The molecule has 0 amide bonds. The summed E-state index contributed by atoms with van der Waals surface area (Å²) in [5.41, 5.74) is 0. The summed E-state index contributed by atoms with van der Waals surface area (Å²) in [4.78, 5) is 10.1. The van der Waals surface area contributed by atoms with Crippen molar-refractivity contribution in [1.29, 1.82) is 0 Å². The minimum absolute atomic E-state index is 0.0511. The van der Waals surface area contributed by atoms with E-state index in [4.69, 9.17) is 14.6 Å². The van der Waals surface area contributed by atoms with Crippen LogP contribution < -0.4 is 0 Å². The van der Waals surface area contributed by atoms with Gasteiger partial charge in [-0.15, -0.1) is 0 Å². The van der Waals surface area contributed by atoms with Gasteiger partial charge < -0.3 is 19.3 Å². The molecule has 0 saturated carbocycles. The molecule has 0 saturated heterocycles. The lowest BCUT2D eigenvalue weighted by Crippen LogP contribution is -2.24. The van der Waals surface area contributed by atoms with Gasteiger partial charge in [0.1, 0.15) is 6.61 Å². The van der Waals surface area contributed by atoms with Crippen molar-refractivity contribution in [3.05, 3.63) is 0 Å². The average molecular weight is 206 g/mol. The van der Waals surface area contributed by atoms with E-state index < -0.39 is 6.16 Å². The van der Waals surface area contributed by atoms with Crippen LogP contribution in [0.1, 0.15) is 20.3 Å². The molecule has 0 aromatic carbocycles. The molecule has 2 unspecified atom stereocenters. The largest absolute Gasteiger partial charge is 0.505 e. The molecular formula is C9H18O5. The lowest BCUT2D eigenvalue weighted by Gasteiger charge is -2.17. The number of ether oxygens (including phenoxy) is 3. The van der Waals surface area contributed by atoms with Crippen LogP contribution in [0.4, 0.5) is 4.79 Å². The van der Waals surface area contributed by atoms with Crippen LogP contribution in [0.2, 0.25) is 0 Å². The van der Waals surface area contributed by atoms with Gasteiger partial charge in [0, 0.05) is 7.11 Å². The summed E-state index contributed by atoms with van der Waals surface area (Å²) in [6, 6.07) is 0. The van der Waals surface area contributed by atoms with Crippen LogP contribution in [-0.4, -0.2) is 43.8 Å². The third-order valence-corrected chi connectivity index (χ3v) is 1.80. The van der Waals surface area contributed by atoms with Crippen molar-refractivity contribution in [2.75, 3.05) is 20.3 Å². The fraction of sp³-hybridized carbons (Fsp3) is 0.889. The van der Waals surface area contributed by atoms with Gasteiger partial charge in [-0.2, -0.15) is 0 Å². The molecule has 2 atom stereocenters. The van der Waals surface area contributed by atoms with Gasteiger partial charge >= 0.3 is 6.16 Å². The molecule has 5 nitrogen and oxygen atoms in total. The lowest BCUT2D eigenvalue weighted by molar-refractivity contribution is -0.0455. The molecule has 5 heteroatoms. The fourth-order valence-electron chi connectivity index (χ4n) is 0.861. The van der Waals surface area contributed by atoms with Crippen LogP contribution in [-0.2, 0) is 14.2 Å². The van der Waals surface area contributed by atoms with Crippen molar-refractivity contribution >= 4 is 6.16 Å². The molecule has 14 heavy (non-hydrogen) atoms. The molecule has 0 rings (SSSR count). The predicted molar refractivity (Wildman–Crippen MR) is 50.5 cm³/mol. The van der Waals surface area contributed by atoms with Crippen molar-refractivity contribution in [2.45, 2.75) is 32.5 Å². The second-order valence-corrected chi connectivity index (χ2v) is 2.99. The predicted octanol–water partition coefficient (Wildman–Crippen LogP) is 1.51. The highest BCUT2D eigenvalue weighted by atomic mass is 16.7. The van der Waals surface area contributed by atoms with Gasteiger partial charge in [-0.3, -0.25) is 0 Å². The third-order valence-electron chi connectivity index (χ3n) is 1.80. The van der Waals surface area contributed by atoms with Crippen LogP contribution >= 0.6 is 0 Å². The van der Waals surface area contributed by atoms with Crippen molar-refractivity contribution in [2.24, 2.45) is 0 Å². The minimum Gasteiger partial charge on any atom is -0.450 e. The topological polar surface area (TPSA) is 65.0 Å². The SMILES string of the molecule is CCC(COC(C)COC(=O)O)OC. The number of carboxylic acid groups (broad SMARTS) is 1. The summed E-state index contributed by atoms with van der Waals surface area (Å²) >= 11 is 0. The molecule has 0 bridgehead atoms. The summed E-state index contributed by atoms with van der Waals surface area (Å²) in [7, 11) is 1.62. The molecule has 0 fully saturated rings. The Morgan fingerprint density at radius 2 is 2.07 bits per heavy atom. The standard InChI is InChI=1S/C9H18O5/c1-4-8(12-3)6-13-7(2)5-14-9(10)11/h7-8H,4-6H2,1-3H3,(H,10,11). The second kappa shape index (κ2) is 7.58. The Balaban J connectivity index is 3.51. The van der Waals surface area contributed by atoms with E-state index in [1.807, 2.05) is 6.92 Å². The summed E-state index contributed by atoms with van der Waals surface area (Å²) < 4.78 is 14.8. The number of rotatable bonds is 7. The van der Waals surface area contributed by atoms with Crippen molar-refractivity contribution in [3.63, 3.8) is 0 Å². The quantitative estimate of drug-likeness (QED) is 0.639. The van der Waals surface area contributed by atoms with E-state index in [1.54, 1.807) is 14.0 Å². The van der Waals surface area contributed by atoms with E-state index in [9.17, 15) is 4.79 Å². The van der Waals surface area contributed by atoms with E-state index in [-0.39, 0.29) is 18.8 Å². The van der Waals surface area contributed by atoms with Crippen molar-refractivity contribution < 1.29 is 24.1 Å². The van der Waals surface area contributed by atoms with Gasteiger partial charge in [-0.05, 0) is 13.3 Å². The van der Waals surface area contributed by atoms with Gasteiger partial charge in [-0.1, -0.05) is 6.92 Å². The number of hydrogen-bond acceptors (Lipinski definition) is 4. The number of carbonyl (C=O) groups is 1. The van der Waals surface area contributed by atoms with E-state index in [0.29, 0.717) is 6.61 Å². The Kier molecular flexibility index (Phi) is 7.14. The third kappa shape index (κ3) is 6.68. The zero-order chi connectivity index (χ0) is 11.0. The highest BCUT2D eigenvalue weighted by molar-refractivity contribution is 5.56. The molecule has 0 spiro atoms. The maximum absolute atomic E-state index is 10.1. The van der Waals surface area contributed by atoms with E-state index >= 15 is 0 Å². The normalized spacial score (nSPS) is 14.8. The monoisotopic (exact) mass is 206 g/mol. The molecule has 0 aliphatic carbocycles. The number of hydrogen-bond donors (Lipinski definition) is 1. The molecule has 0 radical (unpaired) electrons.